The number of carboxylic acid groups (broad SMARTS) is 1. The molecular weight excluding hydrogens is 314 g/mol. The van der Waals surface area contributed by atoms with Crippen LogP contribution in [0.3, 0.4) is 0 Å². The van der Waals surface area contributed by atoms with Crippen LogP contribution >= 0.6 is 11.6 Å². The lowest BCUT2D eigenvalue weighted by atomic mass is 9.89. The van der Waals surface area contributed by atoms with Gasteiger partial charge in [0.25, 0.3) is 0 Å². The summed E-state index contributed by atoms with van der Waals surface area (Å²) in [5.74, 6) is -0.780. The third kappa shape index (κ3) is 4.56. The Balaban J connectivity index is 2.06. The van der Waals surface area contributed by atoms with E-state index >= 15 is 0 Å². The molecular formula is C17H22ClN3O2. The van der Waals surface area contributed by atoms with E-state index in [9.17, 15) is 4.79 Å². The maximum atomic E-state index is 11.1. The molecule has 6 heteroatoms. The predicted octanol–water partition coefficient (Wildman–Crippen LogP) is 3.65. The Labute approximate surface area is 141 Å². The minimum atomic E-state index is -0.780. The zero-order chi connectivity index (χ0) is 16.9. The van der Waals surface area contributed by atoms with Crippen molar-refractivity contribution < 1.29 is 9.90 Å². The molecule has 0 aliphatic heterocycles. The first-order chi connectivity index (χ1) is 11.0. The Bertz CT molecular complexity index is 648. The summed E-state index contributed by atoms with van der Waals surface area (Å²) in [5.41, 5.74) is 1.56. The van der Waals surface area contributed by atoms with E-state index in [4.69, 9.17) is 16.7 Å². The van der Waals surface area contributed by atoms with Crippen LogP contribution in [0.25, 0.3) is 5.69 Å². The van der Waals surface area contributed by atoms with Gasteiger partial charge in [0.2, 0.25) is 0 Å². The standard InChI is InChI=1S/C17H22ClN3O2/c1-3-17(4-2,9-16(22)23)19-10-13-11-20-21(12-13)15-7-5-14(18)6-8-15/h5-8,11-12,19H,3-4,9-10H2,1-2H3,(H,22,23). The lowest BCUT2D eigenvalue weighted by Gasteiger charge is -2.31. The van der Waals surface area contributed by atoms with Gasteiger partial charge in [-0.05, 0) is 37.1 Å². The van der Waals surface area contributed by atoms with E-state index in [1.807, 2.05) is 44.3 Å². The summed E-state index contributed by atoms with van der Waals surface area (Å²) in [6.07, 6.45) is 5.37. The monoisotopic (exact) mass is 335 g/mol. The van der Waals surface area contributed by atoms with Crippen LogP contribution in [0, 0.1) is 0 Å². The molecule has 0 spiro atoms. The van der Waals surface area contributed by atoms with E-state index < -0.39 is 5.97 Å². The summed E-state index contributed by atoms with van der Waals surface area (Å²) in [4.78, 5) is 11.1. The minimum absolute atomic E-state index is 0.116. The molecule has 0 radical (unpaired) electrons. The SMILES string of the molecule is CCC(CC)(CC(=O)O)NCc1cnn(-c2ccc(Cl)cc2)c1. The zero-order valence-corrected chi connectivity index (χ0v) is 14.2. The summed E-state index contributed by atoms with van der Waals surface area (Å²) in [7, 11) is 0. The fourth-order valence-electron chi connectivity index (χ4n) is 2.58. The molecule has 23 heavy (non-hydrogen) atoms. The van der Waals surface area contributed by atoms with E-state index in [1.165, 1.54) is 0 Å². The molecule has 0 saturated heterocycles. The van der Waals surface area contributed by atoms with Crippen molar-refractivity contribution >= 4 is 17.6 Å². The number of aromatic nitrogens is 2. The van der Waals surface area contributed by atoms with Crippen molar-refractivity contribution in [3.8, 4) is 5.69 Å². The van der Waals surface area contributed by atoms with E-state index in [0.717, 1.165) is 24.1 Å². The fourth-order valence-corrected chi connectivity index (χ4v) is 2.70. The molecule has 0 saturated carbocycles. The number of rotatable bonds is 8. The van der Waals surface area contributed by atoms with Gasteiger partial charge in [-0.15, -0.1) is 0 Å². The highest BCUT2D eigenvalue weighted by Gasteiger charge is 2.28. The number of hydrogen-bond donors (Lipinski definition) is 2. The van der Waals surface area contributed by atoms with Gasteiger partial charge >= 0.3 is 5.97 Å². The Kier molecular flexibility index (Phi) is 5.80. The van der Waals surface area contributed by atoms with Crippen LogP contribution in [0.15, 0.2) is 36.7 Å². The molecule has 0 amide bonds. The first-order valence-electron chi connectivity index (χ1n) is 7.74. The number of aliphatic carboxylic acids is 1. The number of carboxylic acids is 1. The van der Waals surface area contributed by atoms with Crippen LogP contribution in [0.4, 0.5) is 0 Å². The van der Waals surface area contributed by atoms with Crippen LogP contribution in [-0.2, 0) is 11.3 Å². The summed E-state index contributed by atoms with van der Waals surface area (Å²) in [5, 5.41) is 17.5. The second-order valence-corrected chi connectivity index (χ2v) is 6.12. The first-order valence-corrected chi connectivity index (χ1v) is 8.12. The highest BCUT2D eigenvalue weighted by molar-refractivity contribution is 6.30. The van der Waals surface area contributed by atoms with Gasteiger partial charge < -0.3 is 10.4 Å². The molecule has 1 heterocycles. The molecule has 0 bridgehead atoms. The number of benzene rings is 1. The van der Waals surface area contributed by atoms with Gasteiger partial charge in [0.1, 0.15) is 0 Å². The Morgan fingerprint density at radius 1 is 1.30 bits per heavy atom. The van der Waals surface area contributed by atoms with Crippen molar-refractivity contribution in [2.75, 3.05) is 0 Å². The number of nitrogens with zero attached hydrogens (tertiary/aromatic N) is 2. The van der Waals surface area contributed by atoms with Crippen LogP contribution in [-0.4, -0.2) is 26.4 Å². The normalized spacial score (nSPS) is 11.6. The van der Waals surface area contributed by atoms with Gasteiger partial charge in [-0.2, -0.15) is 5.10 Å². The predicted molar refractivity (Wildman–Crippen MR) is 91.0 cm³/mol. The molecule has 1 aromatic heterocycles. The summed E-state index contributed by atoms with van der Waals surface area (Å²) < 4.78 is 1.78. The molecule has 5 nitrogen and oxygen atoms in total. The van der Waals surface area contributed by atoms with Gasteiger partial charge in [-0.1, -0.05) is 25.4 Å². The maximum Gasteiger partial charge on any atom is 0.305 e. The van der Waals surface area contributed by atoms with Gasteiger partial charge in [0.05, 0.1) is 18.3 Å². The Morgan fingerprint density at radius 2 is 1.96 bits per heavy atom. The Hall–Kier alpha value is -1.85. The summed E-state index contributed by atoms with van der Waals surface area (Å²) in [6.45, 7) is 4.61. The van der Waals surface area contributed by atoms with Crippen molar-refractivity contribution in [2.24, 2.45) is 0 Å². The van der Waals surface area contributed by atoms with Crippen LogP contribution in [0.2, 0.25) is 5.02 Å². The van der Waals surface area contributed by atoms with Crippen molar-refractivity contribution in [3.05, 3.63) is 47.2 Å². The van der Waals surface area contributed by atoms with E-state index in [0.29, 0.717) is 11.6 Å². The molecule has 2 rings (SSSR count). The number of hydrogen-bond acceptors (Lipinski definition) is 3. The summed E-state index contributed by atoms with van der Waals surface area (Å²) >= 11 is 5.89. The quantitative estimate of drug-likeness (QED) is 0.772. The average Bonchev–Trinajstić information content (AvgIpc) is 3.01. The van der Waals surface area contributed by atoms with Crippen LogP contribution in [0.5, 0.6) is 0 Å². The van der Waals surface area contributed by atoms with E-state index in [1.54, 1.807) is 10.9 Å². The molecule has 2 aromatic rings. The molecule has 0 atom stereocenters. The molecule has 0 aliphatic carbocycles. The van der Waals surface area contributed by atoms with Crippen LogP contribution < -0.4 is 5.32 Å². The largest absolute Gasteiger partial charge is 0.481 e. The van der Waals surface area contributed by atoms with Crippen molar-refractivity contribution in [3.63, 3.8) is 0 Å². The highest BCUT2D eigenvalue weighted by atomic mass is 35.5. The molecule has 0 aliphatic rings. The molecule has 124 valence electrons. The molecule has 1 aromatic carbocycles. The number of carbonyl (C=O) groups is 1. The zero-order valence-electron chi connectivity index (χ0n) is 13.4. The maximum absolute atomic E-state index is 11.1. The molecule has 0 unspecified atom stereocenters. The van der Waals surface area contributed by atoms with Gasteiger partial charge in [0, 0.05) is 28.9 Å². The number of nitrogens with one attached hydrogen (secondary N) is 1. The lowest BCUT2D eigenvalue weighted by molar-refractivity contribution is -0.138. The third-order valence-corrected chi connectivity index (χ3v) is 4.49. The second kappa shape index (κ2) is 7.62. The van der Waals surface area contributed by atoms with Crippen molar-refractivity contribution in [2.45, 2.75) is 45.2 Å². The lowest BCUT2D eigenvalue weighted by Crippen LogP contribution is -2.45. The van der Waals surface area contributed by atoms with Gasteiger partial charge in [-0.25, -0.2) is 4.68 Å². The first kappa shape index (κ1) is 17.5. The smallest absolute Gasteiger partial charge is 0.305 e. The fraction of sp³-hybridized carbons (Fsp3) is 0.412. The van der Waals surface area contributed by atoms with E-state index in [-0.39, 0.29) is 12.0 Å². The van der Waals surface area contributed by atoms with Crippen molar-refractivity contribution in [1.29, 1.82) is 0 Å². The number of halogens is 1. The second-order valence-electron chi connectivity index (χ2n) is 5.68. The van der Waals surface area contributed by atoms with Crippen LogP contribution in [0.1, 0.15) is 38.7 Å². The average molecular weight is 336 g/mol. The van der Waals surface area contributed by atoms with Gasteiger partial charge in [-0.3, -0.25) is 4.79 Å². The molecule has 0 fully saturated rings. The van der Waals surface area contributed by atoms with Gasteiger partial charge in [0.15, 0.2) is 0 Å². The van der Waals surface area contributed by atoms with E-state index in [2.05, 4.69) is 10.4 Å². The minimum Gasteiger partial charge on any atom is -0.481 e. The highest BCUT2D eigenvalue weighted by Crippen LogP contribution is 2.21. The Morgan fingerprint density at radius 3 is 2.52 bits per heavy atom. The third-order valence-electron chi connectivity index (χ3n) is 4.24. The topological polar surface area (TPSA) is 67.2 Å². The molecule has 2 N–H and O–H groups in total. The summed E-state index contributed by atoms with van der Waals surface area (Å²) in [6, 6.07) is 7.45. The van der Waals surface area contributed by atoms with Crippen molar-refractivity contribution in [1.82, 2.24) is 15.1 Å².